The molecule has 5 nitrogen and oxygen atoms in total. The van der Waals surface area contributed by atoms with E-state index in [1.165, 1.54) is 0 Å². The van der Waals surface area contributed by atoms with Crippen LogP contribution in [0.1, 0.15) is 25.0 Å². The van der Waals surface area contributed by atoms with Gasteiger partial charge in [-0.2, -0.15) is 0 Å². The third-order valence-corrected chi connectivity index (χ3v) is 5.35. The number of nitrogens with zero attached hydrogens (tertiary/aromatic N) is 2. The molecule has 1 heterocycles. The summed E-state index contributed by atoms with van der Waals surface area (Å²) in [6, 6.07) is 20.7. The highest BCUT2D eigenvalue weighted by molar-refractivity contribution is 5.67. The second kappa shape index (κ2) is 9.71. The molecule has 0 bridgehead atoms. The predicted molar refractivity (Wildman–Crippen MR) is 110 cm³/mol. The molecule has 0 N–H and O–H groups in total. The summed E-state index contributed by atoms with van der Waals surface area (Å²) in [4.78, 5) is 15.9. The number of piperazine rings is 1. The molecule has 2 aromatic carbocycles. The molecule has 28 heavy (non-hydrogen) atoms. The van der Waals surface area contributed by atoms with Crippen molar-refractivity contribution in [3.8, 4) is 0 Å². The van der Waals surface area contributed by atoms with Gasteiger partial charge in [-0.3, -0.25) is 4.90 Å². The Hall–Kier alpha value is -2.37. The lowest BCUT2D eigenvalue weighted by molar-refractivity contribution is -0.0189. The van der Waals surface area contributed by atoms with Crippen LogP contribution in [-0.4, -0.2) is 61.8 Å². The van der Waals surface area contributed by atoms with Crippen LogP contribution in [0.25, 0.3) is 0 Å². The second-order valence-corrected chi connectivity index (χ2v) is 7.14. The number of hydrogen-bond donors (Lipinski definition) is 0. The van der Waals surface area contributed by atoms with E-state index in [-0.39, 0.29) is 6.09 Å². The van der Waals surface area contributed by atoms with Gasteiger partial charge < -0.3 is 14.4 Å². The monoisotopic (exact) mass is 382 g/mol. The molecule has 1 fully saturated rings. The van der Waals surface area contributed by atoms with Gasteiger partial charge in [-0.1, -0.05) is 60.7 Å². The summed E-state index contributed by atoms with van der Waals surface area (Å²) < 4.78 is 11.6. The molecule has 0 aromatic heterocycles. The van der Waals surface area contributed by atoms with Crippen LogP contribution >= 0.6 is 0 Å². The van der Waals surface area contributed by atoms with Crippen LogP contribution in [0.2, 0.25) is 0 Å². The smallest absolute Gasteiger partial charge is 0.409 e. The molecule has 0 aliphatic carbocycles. The lowest BCUT2D eigenvalue weighted by Crippen LogP contribution is -2.49. The molecule has 150 valence electrons. The zero-order valence-electron chi connectivity index (χ0n) is 16.8. The number of ether oxygens (including phenoxy) is 2. The Morgan fingerprint density at radius 3 is 1.96 bits per heavy atom. The van der Waals surface area contributed by atoms with Gasteiger partial charge in [0.25, 0.3) is 0 Å². The van der Waals surface area contributed by atoms with Crippen molar-refractivity contribution in [1.82, 2.24) is 9.80 Å². The zero-order valence-corrected chi connectivity index (χ0v) is 16.8. The number of carbonyl (C=O) groups excluding carboxylic acids is 1. The van der Waals surface area contributed by atoms with Crippen LogP contribution in [0.15, 0.2) is 60.7 Å². The van der Waals surface area contributed by atoms with Crippen LogP contribution in [0.4, 0.5) is 4.79 Å². The van der Waals surface area contributed by atoms with E-state index < -0.39 is 5.60 Å². The first-order chi connectivity index (χ1) is 13.6. The molecule has 0 radical (unpaired) electrons. The average Bonchev–Trinajstić information content (AvgIpc) is 2.75. The molecule has 0 spiro atoms. The van der Waals surface area contributed by atoms with E-state index in [9.17, 15) is 4.79 Å². The maximum absolute atomic E-state index is 11.8. The van der Waals surface area contributed by atoms with E-state index in [0.717, 1.165) is 30.8 Å². The second-order valence-electron chi connectivity index (χ2n) is 7.14. The maximum atomic E-state index is 11.8. The summed E-state index contributed by atoms with van der Waals surface area (Å²) in [5.41, 5.74) is 1.80. The minimum Gasteiger partial charge on any atom is -0.450 e. The fraction of sp³-hybridized carbons (Fsp3) is 0.435. The summed E-state index contributed by atoms with van der Waals surface area (Å²) in [5.74, 6) is 0. The number of amides is 1. The topological polar surface area (TPSA) is 42.0 Å². The van der Waals surface area contributed by atoms with Gasteiger partial charge in [-0.15, -0.1) is 0 Å². The first-order valence-corrected chi connectivity index (χ1v) is 10.0. The van der Waals surface area contributed by atoms with E-state index in [2.05, 4.69) is 60.4 Å². The summed E-state index contributed by atoms with van der Waals surface area (Å²) >= 11 is 0. The normalized spacial score (nSPS) is 15.4. The van der Waals surface area contributed by atoms with Crippen LogP contribution in [0.5, 0.6) is 0 Å². The number of hydrogen-bond acceptors (Lipinski definition) is 4. The Morgan fingerprint density at radius 2 is 1.46 bits per heavy atom. The van der Waals surface area contributed by atoms with Crippen molar-refractivity contribution < 1.29 is 14.3 Å². The van der Waals surface area contributed by atoms with E-state index in [4.69, 9.17) is 9.47 Å². The van der Waals surface area contributed by atoms with Crippen molar-refractivity contribution in [2.24, 2.45) is 0 Å². The Bertz CT molecular complexity index is 689. The Labute approximate surface area is 167 Å². The first kappa shape index (κ1) is 20.4. The Kier molecular flexibility index (Phi) is 7.06. The van der Waals surface area contributed by atoms with Gasteiger partial charge in [0.05, 0.1) is 13.2 Å². The number of carbonyl (C=O) groups is 1. The molecule has 5 heteroatoms. The summed E-state index contributed by atoms with van der Waals surface area (Å²) in [6.07, 6.45) is -0.209. The van der Waals surface area contributed by atoms with E-state index in [1.54, 1.807) is 4.90 Å². The van der Waals surface area contributed by atoms with Crippen LogP contribution in [0, 0.1) is 0 Å². The van der Waals surface area contributed by atoms with Gasteiger partial charge in [-0.25, -0.2) is 4.79 Å². The van der Waals surface area contributed by atoms with Gasteiger partial charge in [0, 0.05) is 32.7 Å². The van der Waals surface area contributed by atoms with E-state index >= 15 is 0 Å². The molecule has 2 aromatic rings. The van der Waals surface area contributed by atoms with Crippen molar-refractivity contribution in [1.29, 1.82) is 0 Å². The largest absolute Gasteiger partial charge is 0.450 e. The summed E-state index contributed by atoms with van der Waals surface area (Å²) in [6.45, 7) is 8.94. The molecule has 0 atom stereocenters. The van der Waals surface area contributed by atoms with Crippen molar-refractivity contribution >= 4 is 6.09 Å². The van der Waals surface area contributed by atoms with Crippen LogP contribution in [-0.2, 0) is 15.1 Å². The number of benzene rings is 2. The van der Waals surface area contributed by atoms with Crippen molar-refractivity contribution in [3.63, 3.8) is 0 Å². The molecule has 1 amide bonds. The third-order valence-electron chi connectivity index (χ3n) is 5.35. The van der Waals surface area contributed by atoms with Crippen LogP contribution < -0.4 is 0 Å². The quantitative estimate of drug-likeness (QED) is 0.732. The molecule has 1 aliphatic heterocycles. The average molecular weight is 383 g/mol. The number of rotatable bonds is 7. The zero-order chi connectivity index (χ0) is 19.8. The van der Waals surface area contributed by atoms with E-state index in [1.807, 2.05) is 19.1 Å². The lowest BCUT2D eigenvalue weighted by Gasteiger charge is -2.36. The van der Waals surface area contributed by atoms with Gasteiger partial charge in [-0.05, 0) is 25.0 Å². The fourth-order valence-electron chi connectivity index (χ4n) is 3.59. The predicted octanol–water partition coefficient (Wildman–Crippen LogP) is 3.74. The molecule has 0 unspecified atom stereocenters. The van der Waals surface area contributed by atoms with Gasteiger partial charge in [0.15, 0.2) is 0 Å². The minimum absolute atomic E-state index is 0.209. The van der Waals surface area contributed by atoms with Gasteiger partial charge >= 0.3 is 6.09 Å². The Balaban J connectivity index is 1.58. The molecule has 1 saturated heterocycles. The summed E-state index contributed by atoms with van der Waals surface area (Å²) in [5, 5.41) is 0. The maximum Gasteiger partial charge on any atom is 0.409 e. The first-order valence-electron chi connectivity index (χ1n) is 10.0. The highest BCUT2D eigenvalue weighted by atomic mass is 16.6. The lowest BCUT2D eigenvalue weighted by atomic mass is 9.88. The SMILES string of the molecule is CCOC(=O)N1CCN(CCOC(C)(c2ccccc2)c2ccccc2)CC1. The van der Waals surface area contributed by atoms with Crippen molar-refractivity contribution in [3.05, 3.63) is 71.8 Å². The van der Waals surface area contributed by atoms with Crippen molar-refractivity contribution in [2.75, 3.05) is 45.9 Å². The molecular weight excluding hydrogens is 352 g/mol. The third kappa shape index (κ3) is 4.91. The highest BCUT2D eigenvalue weighted by Crippen LogP contribution is 2.33. The minimum atomic E-state index is -0.491. The van der Waals surface area contributed by atoms with Gasteiger partial charge in [0.1, 0.15) is 5.60 Å². The highest BCUT2D eigenvalue weighted by Gasteiger charge is 2.30. The van der Waals surface area contributed by atoms with Crippen LogP contribution in [0.3, 0.4) is 0 Å². The molecule has 0 saturated carbocycles. The standard InChI is InChI=1S/C23H30N2O3/c1-3-27-22(26)25-16-14-24(15-17-25)18-19-28-23(2,20-10-6-4-7-11-20)21-12-8-5-9-13-21/h4-13H,3,14-19H2,1-2H3. The van der Waals surface area contributed by atoms with Gasteiger partial charge in [0.2, 0.25) is 0 Å². The van der Waals surface area contributed by atoms with E-state index in [0.29, 0.717) is 26.3 Å². The summed E-state index contributed by atoms with van der Waals surface area (Å²) in [7, 11) is 0. The molecule has 1 aliphatic rings. The molecule has 3 rings (SSSR count). The van der Waals surface area contributed by atoms with Crippen molar-refractivity contribution in [2.45, 2.75) is 19.4 Å². The Morgan fingerprint density at radius 1 is 0.929 bits per heavy atom. The fourth-order valence-corrected chi connectivity index (χ4v) is 3.59. The molecular formula is C23H30N2O3.